The van der Waals surface area contributed by atoms with Crippen molar-refractivity contribution in [2.45, 2.75) is 64.3 Å². The summed E-state index contributed by atoms with van der Waals surface area (Å²) in [6.07, 6.45) is -2.07. The first kappa shape index (κ1) is 24.8. The lowest BCUT2D eigenvalue weighted by Crippen LogP contribution is -2.37. The Bertz CT molecular complexity index is 980. The summed E-state index contributed by atoms with van der Waals surface area (Å²) < 4.78 is 26.9. The largest absolute Gasteiger partial charge is 0.441 e. The molecule has 1 amide bonds. The van der Waals surface area contributed by atoms with Crippen LogP contribution in [0.1, 0.15) is 54.5 Å². The van der Waals surface area contributed by atoms with E-state index in [1.807, 2.05) is 0 Å². The molecule has 0 bridgehead atoms. The standard InChI is InChI=1S/C21H31FN6O5/c1-11(2)19(23)21(31)33-10-28-18(8-15(26-28)12-5-14(22)17(29)6-12)24-20(30)16-7-13(9-32-4)25-27(16)3/h7-8,11-12,14,17,19,29H,5-6,9-10,23H2,1-4H3,(H,24,30)/t12-,14+,17-,19-/m0/s1. The summed E-state index contributed by atoms with van der Waals surface area (Å²) >= 11 is 0. The topological polar surface area (TPSA) is 147 Å². The van der Waals surface area contributed by atoms with E-state index < -0.39 is 30.2 Å². The van der Waals surface area contributed by atoms with E-state index >= 15 is 0 Å². The molecule has 11 nitrogen and oxygen atoms in total. The Morgan fingerprint density at radius 1 is 1.33 bits per heavy atom. The van der Waals surface area contributed by atoms with Gasteiger partial charge in [-0.25, -0.2) is 9.07 Å². The Morgan fingerprint density at radius 3 is 2.67 bits per heavy atom. The molecule has 1 aliphatic carbocycles. The lowest BCUT2D eigenvalue weighted by Gasteiger charge is -2.15. The Hall–Kier alpha value is -2.83. The number of hydrogen-bond donors (Lipinski definition) is 3. The summed E-state index contributed by atoms with van der Waals surface area (Å²) in [6, 6.07) is 2.39. The highest BCUT2D eigenvalue weighted by Crippen LogP contribution is 2.36. The lowest BCUT2D eigenvalue weighted by atomic mass is 10.0. The average Bonchev–Trinajstić information content (AvgIpc) is 3.43. The molecule has 0 radical (unpaired) electrons. The number of amides is 1. The van der Waals surface area contributed by atoms with Crippen LogP contribution in [0.3, 0.4) is 0 Å². The Labute approximate surface area is 191 Å². The first-order valence-electron chi connectivity index (χ1n) is 10.8. The van der Waals surface area contributed by atoms with Gasteiger partial charge in [-0.05, 0) is 24.8 Å². The smallest absolute Gasteiger partial charge is 0.324 e. The van der Waals surface area contributed by atoms with Gasteiger partial charge in [0.05, 0.1) is 24.1 Å². The number of halogens is 1. The first-order chi connectivity index (χ1) is 15.6. The molecule has 0 saturated heterocycles. The minimum absolute atomic E-state index is 0.113. The second kappa shape index (κ2) is 10.4. The van der Waals surface area contributed by atoms with Gasteiger partial charge in [-0.15, -0.1) is 0 Å². The van der Waals surface area contributed by atoms with Crippen molar-refractivity contribution in [1.29, 1.82) is 0 Å². The molecule has 4 atom stereocenters. The summed E-state index contributed by atoms with van der Waals surface area (Å²) in [5.74, 6) is -1.24. The summed E-state index contributed by atoms with van der Waals surface area (Å²) in [5.41, 5.74) is 7.19. The van der Waals surface area contributed by atoms with Crippen LogP contribution >= 0.6 is 0 Å². The number of ether oxygens (including phenoxy) is 2. The third kappa shape index (κ3) is 5.75. The van der Waals surface area contributed by atoms with E-state index in [1.54, 1.807) is 33.0 Å². The van der Waals surface area contributed by atoms with Gasteiger partial charge in [-0.3, -0.25) is 14.3 Å². The molecule has 4 N–H and O–H groups in total. The second-order valence-electron chi connectivity index (χ2n) is 8.60. The van der Waals surface area contributed by atoms with Gasteiger partial charge in [0.2, 0.25) is 0 Å². The van der Waals surface area contributed by atoms with E-state index in [4.69, 9.17) is 15.2 Å². The number of hydrogen-bond acceptors (Lipinski definition) is 8. The highest BCUT2D eigenvalue weighted by Gasteiger charge is 2.35. The van der Waals surface area contributed by atoms with E-state index in [0.717, 1.165) is 0 Å². The van der Waals surface area contributed by atoms with Crippen molar-refractivity contribution in [3.8, 4) is 0 Å². The van der Waals surface area contributed by atoms with Crippen molar-refractivity contribution in [3.05, 3.63) is 29.2 Å². The van der Waals surface area contributed by atoms with Crippen molar-refractivity contribution in [3.63, 3.8) is 0 Å². The summed E-state index contributed by atoms with van der Waals surface area (Å²) in [7, 11) is 3.16. The summed E-state index contributed by atoms with van der Waals surface area (Å²) in [6.45, 7) is 3.56. The van der Waals surface area contributed by atoms with Gasteiger partial charge < -0.3 is 25.6 Å². The number of aryl methyl sites for hydroxylation is 1. The molecule has 2 aromatic heterocycles. The van der Waals surface area contributed by atoms with Gasteiger partial charge in [0, 0.05) is 26.1 Å². The van der Waals surface area contributed by atoms with Gasteiger partial charge in [0.15, 0.2) is 6.73 Å². The predicted octanol–water partition coefficient (Wildman–Crippen LogP) is 1.08. The number of aromatic nitrogens is 4. The first-order valence-corrected chi connectivity index (χ1v) is 10.8. The van der Waals surface area contributed by atoms with E-state index in [0.29, 0.717) is 11.4 Å². The quantitative estimate of drug-likeness (QED) is 0.465. The maximum absolute atomic E-state index is 13.9. The second-order valence-corrected chi connectivity index (χ2v) is 8.60. The molecule has 1 saturated carbocycles. The van der Waals surface area contributed by atoms with E-state index in [1.165, 1.54) is 16.5 Å². The van der Waals surface area contributed by atoms with E-state index in [-0.39, 0.29) is 49.5 Å². The monoisotopic (exact) mass is 466 g/mol. The minimum atomic E-state index is -1.34. The Balaban J connectivity index is 1.82. The molecule has 2 heterocycles. The lowest BCUT2D eigenvalue weighted by molar-refractivity contribution is -0.150. The highest BCUT2D eigenvalue weighted by atomic mass is 19.1. The predicted molar refractivity (Wildman–Crippen MR) is 116 cm³/mol. The van der Waals surface area contributed by atoms with Crippen molar-refractivity contribution in [2.24, 2.45) is 18.7 Å². The molecule has 3 rings (SSSR count). The molecular weight excluding hydrogens is 435 g/mol. The molecule has 1 fully saturated rings. The van der Waals surface area contributed by atoms with E-state index in [2.05, 4.69) is 15.5 Å². The third-order valence-electron chi connectivity index (χ3n) is 5.69. The molecule has 0 aromatic carbocycles. The zero-order chi connectivity index (χ0) is 24.3. The van der Waals surface area contributed by atoms with Gasteiger partial charge in [-0.2, -0.15) is 10.2 Å². The molecular formula is C21H31FN6O5. The fourth-order valence-electron chi connectivity index (χ4n) is 3.67. The van der Waals surface area contributed by atoms with Gasteiger partial charge in [0.1, 0.15) is 23.7 Å². The molecule has 12 heteroatoms. The molecule has 0 spiro atoms. The SMILES string of the molecule is COCc1cc(C(=O)Nc2cc([C@H]3C[C@@H](F)[C@@H](O)C3)nn2COC(=O)[C@@H](N)C(C)C)n(C)n1. The average molecular weight is 467 g/mol. The van der Waals surface area contributed by atoms with Gasteiger partial charge in [0.25, 0.3) is 5.91 Å². The van der Waals surface area contributed by atoms with E-state index in [9.17, 15) is 19.1 Å². The number of methoxy groups -OCH3 is 1. The fourth-order valence-corrected chi connectivity index (χ4v) is 3.67. The number of anilines is 1. The Kier molecular flexibility index (Phi) is 7.82. The number of carbonyl (C=O) groups excluding carboxylic acids is 2. The molecule has 182 valence electrons. The van der Waals surface area contributed by atoms with Crippen molar-refractivity contribution >= 4 is 17.7 Å². The zero-order valence-corrected chi connectivity index (χ0v) is 19.2. The maximum Gasteiger partial charge on any atom is 0.324 e. The third-order valence-corrected chi connectivity index (χ3v) is 5.69. The number of aliphatic hydroxyl groups is 1. The van der Waals surface area contributed by atoms with Crippen LogP contribution < -0.4 is 11.1 Å². The van der Waals surface area contributed by atoms with Crippen LogP contribution in [0, 0.1) is 5.92 Å². The molecule has 33 heavy (non-hydrogen) atoms. The fraction of sp³-hybridized carbons (Fsp3) is 0.619. The molecule has 0 aliphatic heterocycles. The molecule has 0 unspecified atom stereocenters. The van der Waals surface area contributed by atoms with Crippen LogP contribution in [-0.4, -0.2) is 62.0 Å². The Morgan fingerprint density at radius 2 is 2.06 bits per heavy atom. The zero-order valence-electron chi connectivity index (χ0n) is 19.2. The van der Waals surface area contributed by atoms with Crippen LogP contribution in [0.15, 0.2) is 12.1 Å². The normalized spacial score (nSPS) is 21.4. The number of alkyl halides is 1. The highest BCUT2D eigenvalue weighted by molar-refractivity contribution is 6.02. The number of carbonyl (C=O) groups is 2. The summed E-state index contributed by atoms with van der Waals surface area (Å²) in [5, 5.41) is 21.2. The van der Waals surface area contributed by atoms with Crippen molar-refractivity contribution in [1.82, 2.24) is 19.6 Å². The number of esters is 1. The molecule has 2 aromatic rings. The summed E-state index contributed by atoms with van der Waals surface area (Å²) in [4.78, 5) is 25.1. The number of rotatable bonds is 9. The molecule has 1 aliphatic rings. The number of nitrogens with zero attached hydrogens (tertiary/aromatic N) is 4. The van der Waals surface area contributed by atoms with Gasteiger partial charge in [-0.1, -0.05) is 13.8 Å². The van der Waals surface area contributed by atoms with Crippen LogP contribution in [0.25, 0.3) is 0 Å². The minimum Gasteiger partial charge on any atom is -0.441 e. The maximum atomic E-state index is 13.9. The van der Waals surface area contributed by atoms with Crippen LogP contribution in [0.2, 0.25) is 0 Å². The van der Waals surface area contributed by atoms with Crippen LogP contribution in [0.4, 0.5) is 10.2 Å². The van der Waals surface area contributed by atoms with Crippen molar-refractivity contribution < 1.29 is 28.6 Å². The van der Waals surface area contributed by atoms with Gasteiger partial charge >= 0.3 is 5.97 Å². The number of aliphatic hydroxyl groups excluding tert-OH is 1. The van der Waals surface area contributed by atoms with Crippen LogP contribution in [0.5, 0.6) is 0 Å². The van der Waals surface area contributed by atoms with Crippen molar-refractivity contribution in [2.75, 3.05) is 12.4 Å². The van der Waals surface area contributed by atoms with Crippen LogP contribution in [-0.2, 0) is 34.7 Å². The number of nitrogens with two attached hydrogens (primary N) is 1. The number of nitrogens with one attached hydrogen (secondary N) is 1.